The minimum absolute atomic E-state index is 0.133. The van der Waals surface area contributed by atoms with Gasteiger partial charge in [-0.05, 0) is 0 Å². The van der Waals surface area contributed by atoms with Crippen LogP contribution >= 0.6 is 0 Å². The molecule has 1 N–H and O–H groups in total. The highest BCUT2D eigenvalue weighted by Gasteiger charge is 2.17. The molecule has 0 fully saturated rings. The van der Waals surface area contributed by atoms with Crippen molar-refractivity contribution in [3.8, 4) is 17.2 Å². The number of carboxylic acid groups (broad SMARTS) is 1. The van der Waals surface area contributed by atoms with Crippen LogP contribution in [-0.4, -0.2) is 23.2 Å². The molecule has 0 aliphatic rings. The van der Waals surface area contributed by atoms with E-state index in [1.165, 1.54) is 7.11 Å². The molecule has 0 amide bonds. The first kappa shape index (κ1) is 11.2. The Balaban J connectivity index is 2.39. The van der Waals surface area contributed by atoms with E-state index in [4.69, 9.17) is 14.3 Å². The molecule has 0 aliphatic heterocycles. The maximum atomic E-state index is 10.6. The van der Waals surface area contributed by atoms with Crippen molar-refractivity contribution in [3.63, 3.8) is 0 Å². The van der Waals surface area contributed by atoms with Crippen LogP contribution in [0, 0.1) is 0 Å². The van der Waals surface area contributed by atoms with Gasteiger partial charge in [0.25, 0.3) is 5.88 Å². The summed E-state index contributed by atoms with van der Waals surface area (Å²) < 4.78 is 10.4. The Morgan fingerprint density at radius 1 is 1.41 bits per heavy atom. The molecular weight excluding hydrogens is 222 g/mol. The van der Waals surface area contributed by atoms with Gasteiger partial charge in [0.1, 0.15) is 6.42 Å². The summed E-state index contributed by atoms with van der Waals surface area (Å²) in [6, 6.07) is 9.27. The van der Waals surface area contributed by atoms with Gasteiger partial charge >= 0.3 is 5.97 Å². The van der Waals surface area contributed by atoms with E-state index < -0.39 is 5.97 Å². The van der Waals surface area contributed by atoms with Gasteiger partial charge in [0, 0.05) is 5.56 Å². The number of aromatic nitrogens is 1. The van der Waals surface area contributed by atoms with Gasteiger partial charge in [-0.3, -0.25) is 4.79 Å². The Labute approximate surface area is 97.7 Å². The first-order chi connectivity index (χ1) is 8.20. The number of hydrogen-bond acceptors (Lipinski definition) is 4. The van der Waals surface area contributed by atoms with Gasteiger partial charge in [-0.15, -0.1) is 0 Å². The molecule has 0 radical (unpaired) electrons. The topological polar surface area (TPSA) is 72.6 Å². The van der Waals surface area contributed by atoms with E-state index in [1.54, 1.807) is 0 Å². The number of methoxy groups -OCH3 is 1. The zero-order chi connectivity index (χ0) is 12.3. The normalized spacial score (nSPS) is 10.2. The Morgan fingerprint density at radius 3 is 2.71 bits per heavy atom. The Bertz CT molecular complexity index is 519. The second kappa shape index (κ2) is 4.69. The Kier molecular flexibility index (Phi) is 3.09. The zero-order valence-corrected chi connectivity index (χ0v) is 9.21. The number of rotatable bonds is 4. The first-order valence-electron chi connectivity index (χ1n) is 5.01. The molecule has 5 nitrogen and oxygen atoms in total. The minimum atomic E-state index is -0.992. The second-order valence-electron chi connectivity index (χ2n) is 3.38. The molecule has 0 atom stereocenters. The average Bonchev–Trinajstić information content (AvgIpc) is 2.72. The molecule has 0 unspecified atom stereocenters. The summed E-state index contributed by atoms with van der Waals surface area (Å²) in [5, 5.41) is 8.67. The predicted octanol–water partition coefficient (Wildman–Crippen LogP) is 1.98. The third kappa shape index (κ3) is 2.44. The lowest BCUT2D eigenvalue weighted by Crippen LogP contribution is -1.99. The van der Waals surface area contributed by atoms with Gasteiger partial charge in [-0.25, -0.2) is 0 Å². The molecule has 0 spiro atoms. The van der Waals surface area contributed by atoms with Crippen LogP contribution in [0.5, 0.6) is 5.88 Å². The molecule has 0 bridgehead atoms. The van der Waals surface area contributed by atoms with Gasteiger partial charge in [0.2, 0.25) is 5.89 Å². The Morgan fingerprint density at radius 2 is 2.12 bits per heavy atom. The van der Waals surface area contributed by atoms with Crippen molar-refractivity contribution in [2.45, 2.75) is 6.42 Å². The van der Waals surface area contributed by atoms with Crippen LogP contribution in [0.4, 0.5) is 0 Å². The van der Waals surface area contributed by atoms with Crippen molar-refractivity contribution in [2.75, 3.05) is 7.11 Å². The quantitative estimate of drug-likeness (QED) is 0.874. The van der Waals surface area contributed by atoms with Crippen LogP contribution in [0.15, 0.2) is 34.7 Å². The monoisotopic (exact) mass is 233 g/mol. The van der Waals surface area contributed by atoms with E-state index in [0.29, 0.717) is 11.6 Å². The molecule has 17 heavy (non-hydrogen) atoms. The lowest BCUT2D eigenvalue weighted by atomic mass is 10.2. The van der Waals surface area contributed by atoms with E-state index in [-0.39, 0.29) is 12.3 Å². The number of carbonyl (C=O) groups is 1. The van der Waals surface area contributed by atoms with Gasteiger partial charge < -0.3 is 14.3 Å². The standard InChI is InChI=1S/C12H11NO4/c1-16-12-11(8-5-3-2-4-6-8)17-9(13-12)7-10(14)15/h2-6H,7H2,1H3,(H,14,15). The number of hydrogen-bond donors (Lipinski definition) is 1. The van der Waals surface area contributed by atoms with E-state index in [9.17, 15) is 4.79 Å². The summed E-state index contributed by atoms with van der Waals surface area (Å²) >= 11 is 0. The maximum absolute atomic E-state index is 10.6. The third-order valence-electron chi connectivity index (χ3n) is 2.17. The zero-order valence-electron chi connectivity index (χ0n) is 9.21. The van der Waals surface area contributed by atoms with Crippen LogP contribution in [0.2, 0.25) is 0 Å². The van der Waals surface area contributed by atoms with Crippen molar-refractivity contribution in [3.05, 3.63) is 36.2 Å². The number of ether oxygens (including phenoxy) is 1. The second-order valence-corrected chi connectivity index (χ2v) is 3.38. The van der Waals surface area contributed by atoms with Crippen LogP contribution in [0.3, 0.4) is 0 Å². The summed E-state index contributed by atoms with van der Waals surface area (Å²) in [4.78, 5) is 14.5. The number of nitrogens with zero attached hydrogens (tertiary/aromatic N) is 1. The highest BCUT2D eigenvalue weighted by molar-refractivity contribution is 5.69. The third-order valence-corrected chi connectivity index (χ3v) is 2.17. The SMILES string of the molecule is COc1nc(CC(=O)O)oc1-c1ccccc1. The van der Waals surface area contributed by atoms with Gasteiger partial charge in [-0.1, -0.05) is 30.3 Å². The fraction of sp³-hybridized carbons (Fsp3) is 0.167. The van der Waals surface area contributed by atoms with Gasteiger partial charge in [0.05, 0.1) is 7.11 Å². The summed E-state index contributed by atoms with van der Waals surface area (Å²) in [5.74, 6) is -0.112. The van der Waals surface area contributed by atoms with Crippen LogP contribution in [0.25, 0.3) is 11.3 Å². The number of benzene rings is 1. The molecule has 1 heterocycles. The number of oxazole rings is 1. The molecule has 0 saturated heterocycles. The van der Waals surface area contributed by atoms with Crippen molar-refractivity contribution in [2.24, 2.45) is 0 Å². The predicted molar refractivity (Wildman–Crippen MR) is 59.8 cm³/mol. The van der Waals surface area contributed by atoms with Crippen molar-refractivity contribution >= 4 is 5.97 Å². The summed E-state index contributed by atoms with van der Waals surface area (Å²) in [6.45, 7) is 0. The highest BCUT2D eigenvalue weighted by atomic mass is 16.5. The minimum Gasteiger partial charge on any atom is -0.481 e. The van der Waals surface area contributed by atoms with Crippen LogP contribution in [-0.2, 0) is 11.2 Å². The van der Waals surface area contributed by atoms with E-state index in [0.717, 1.165) is 5.56 Å². The van der Waals surface area contributed by atoms with Gasteiger partial charge in [-0.2, -0.15) is 4.98 Å². The fourth-order valence-corrected chi connectivity index (χ4v) is 1.46. The van der Waals surface area contributed by atoms with E-state index in [1.807, 2.05) is 30.3 Å². The van der Waals surface area contributed by atoms with Crippen molar-refractivity contribution in [1.82, 2.24) is 4.98 Å². The fourth-order valence-electron chi connectivity index (χ4n) is 1.46. The summed E-state index contributed by atoms with van der Waals surface area (Å²) in [7, 11) is 1.47. The Hall–Kier alpha value is -2.30. The number of aliphatic carboxylic acids is 1. The molecule has 2 aromatic rings. The van der Waals surface area contributed by atoms with Crippen molar-refractivity contribution in [1.29, 1.82) is 0 Å². The van der Waals surface area contributed by atoms with E-state index >= 15 is 0 Å². The molecule has 0 saturated carbocycles. The molecule has 1 aromatic carbocycles. The van der Waals surface area contributed by atoms with Crippen molar-refractivity contribution < 1.29 is 19.1 Å². The van der Waals surface area contributed by atoms with Crippen LogP contribution in [0.1, 0.15) is 5.89 Å². The van der Waals surface area contributed by atoms with E-state index in [2.05, 4.69) is 4.98 Å². The smallest absolute Gasteiger partial charge is 0.312 e. The lowest BCUT2D eigenvalue weighted by Gasteiger charge is -1.98. The van der Waals surface area contributed by atoms with Crippen LogP contribution < -0.4 is 4.74 Å². The molecule has 0 aliphatic carbocycles. The molecule has 88 valence electrons. The lowest BCUT2D eigenvalue weighted by molar-refractivity contribution is -0.136. The molecule has 5 heteroatoms. The van der Waals surface area contributed by atoms with Gasteiger partial charge in [0.15, 0.2) is 5.76 Å². The highest BCUT2D eigenvalue weighted by Crippen LogP contribution is 2.30. The largest absolute Gasteiger partial charge is 0.481 e. The molecule has 2 rings (SSSR count). The molecular formula is C12H11NO4. The molecule has 1 aromatic heterocycles. The summed E-state index contributed by atoms with van der Waals surface area (Å²) in [6.07, 6.45) is -0.261. The maximum Gasteiger partial charge on any atom is 0.312 e. The summed E-state index contributed by atoms with van der Waals surface area (Å²) in [5.41, 5.74) is 0.800. The first-order valence-corrected chi connectivity index (χ1v) is 5.01. The number of carboxylic acids is 1. The average molecular weight is 233 g/mol.